The molecule has 27 heavy (non-hydrogen) atoms. The van der Waals surface area contributed by atoms with Crippen LogP contribution in [0.15, 0.2) is 42.7 Å². The van der Waals surface area contributed by atoms with Crippen molar-refractivity contribution < 1.29 is 18.3 Å². The Labute approximate surface area is 156 Å². The largest absolute Gasteiger partial charge is 0.439 e. The van der Waals surface area contributed by atoms with E-state index in [1.165, 1.54) is 0 Å². The second kappa shape index (κ2) is 6.66. The van der Waals surface area contributed by atoms with Crippen LogP contribution in [0.3, 0.4) is 0 Å². The van der Waals surface area contributed by atoms with Crippen LogP contribution in [0.1, 0.15) is 47.2 Å². The summed E-state index contributed by atoms with van der Waals surface area (Å²) in [7, 11) is 0. The quantitative estimate of drug-likeness (QED) is 0.804. The molecule has 1 amide bonds. The van der Waals surface area contributed by atoms with Crippen LogP contribution in [0.5, 0.6) is 0 Å². The molecule has 1 aliphatic heterocycles. The van der Waals surface area contributed by atoms with Gasteiger partial charge in [0.05, 0.1) is 0 Å². The molecule has 2 aromatic rings. The summed E-state index contributed by atoms with van der Waals surface area (Å²) in [5.74, 6) is 2.95. The number of aromatic nitrogens is 1. The summed E-state index contributed by atoms with van der Waals surface area (Å²) in [6.07, 6.45) is 1.93. The third-order valence-corrected chi connectivity index (χ3v) is 4.81. The summed E-state index contributed by atoms with van der Waals surface area (Å²) in [6, 6.07) is 9.22. The molecule has 6 heteroatoms. The molecule has 1 saturated heterocycles. The first-order valence-electron chi connectivity index (χ1n) is 8.78. The van der Waals surface area contributed by atoms with E-state index in [4.69, 9.17) is 4.74 Å². The maximum atomic E-state index is 12.9. The molecule has 0 spiro atoms. The molecule has 2 aliphatic rings. The van der Waals surface area contributed by atoms with Gasteiger partial charge >= 0.3 is 6.09 Å². The molecule has 138 valence electrons. The lowest BCUT2D eigenvalue weighted by Crippen LogP contribution is -2.34. The SMILES string of the molecule is Cc1cccc([C@H]2OC(=O)N[C@@H]2c2cncc(C#CC3CC(F)(F)C3)c2)c1. The van der Waals surface area contributed by atoms with E-state index < -0.39 is 18.1 Å². The average Bonchev–Trinajstić information content (AvgIpc) is 3.00. The van der Waals surface area contributed by atoms with Crippen LogP contribution in [0, 0.1) is 24.7 Å². The maximum Gasteiger partial charge on any atom is 0.408 e. The van der Waals surface area contributed by atoms with Gasteiger partial charge in [-0.05, 0) is 24.1 Å². The molecule has 4 nitrogen and oxygen atoms in total. The van der Waals surface area contributed by atoms with Crippen LogP contribution in [0.4, 0.5) is 13.6 Å². The Bertz CT molecular complexity index is 940. The highest BCUT2D eigenvalue weighted by molar-refractivity contribution is 5.71. The summed E-state index contributed by atoms with van der Waals surface area (Å²) in [6.45, 7) is 1.98. The van der Waals surface area contributed by atoms with E-state index in [1.807, 2.05) is 37.3 Å². The molecule has 1 aromatic heterocycles. The smallest absolute Gasteiger partial charge is 0.408 e. The van der Waals surface area contributed by atoms with Crippen LogP contribution in [-0.4, -0.2) is 17.0 Å². The zero-order valence-electron chi connectivity index (χ0n) is 14.7. The number of alkyl carbamates (subject to hydrolysis) is 1. The van der Waals surface area contributed by atoms with Crippen LogP contribution in [0.25, 0.3) is 0 Å². The minimum atomic E-state index is -2.58. The lowest BCUT2D eigenvalue weighted by molar-refractivity contribution is -0.0936. The Morgan fingerprint density at radius 3 is 2.78 bits per heavy atom. The molecule has 2 atom stereocenters. The summed E-state index contributed by atoms with van der Waals surface area (Å²) >= 11 is 0. The predicted octanol–water partition coefficient (Wildman–Crippen LogP) is 4.31. The zero-order valence-corrected chi connectivity index (χ0v) is 14.7. The first-order valence-corrected chi connectivity index (χ1v) is 8.78. The third-order valence-electron chi connectivity index (χ3n) is 4.81. The highest BCUT2D eigenvalue weighted by Crippen LogP contribution is 2.42. The van der Waals surface area contributed by atoms with Gasteiger partial charge in [-0.2, -0.15) is 0 Å². The molecule has 2 fully saturated rings. The first-order chi connectivity index (χ1) is 12.9. The number of amides is 1. The number of ether oxygens (including phenoxy) is 1. The molecule has 1 aromatic carbocycles. The molecule has 1 N–H and O–H groups in total. The maximum absolute atomic E-state index is 12.9. The van der Waals surface area contributed by atoms with Gasteiger partial charge in [-0.15, -0.1) is 0 Å². The van der Waals surface area contributed by atoms with E-state index in [1.54, 1.807) is 12.4 Å². The van der Waals surface area contributed by atoms with E-state index in [-0.39, 0.29) is 24.8 Å². The van der Waals surface area contributed by atoms with Gasteiger partial charge in [0.15, 0.2) is 6.10 Å². The number of halogens is 2. The molecule has 0 radical (unpaired) electrons. The number of aryl methyl sites for hydroxylation is 1. The highest BCUT2D eigenvalue weighted by atomic mass is 19.3. The highest BCUT2D eigenvalue weighted by Gasteiger charge is 2.44. The number of nitrogens with zero attached hydrogens (tertiary/aromatic N) is 1. The van der Waals surface area contributed by atoms with Crippen LogP contribution in [-0.2, 0) is 4.74 Å². The number of benzene rings is 1. The van der Waals surface area contributed by atoms with Gasteiger partial charge in [-0.1, -0.05) is 41.7 Å². The molecule has 0 unspecified atom stereocenters. The number of alkyl halides is 2. The van der Waals surface area contributed by atoms with Crippen molar-refractivity contribution in [2.75, 3.05) is 0 Å². The Balaban J connectivity index is 1.57. The number of rotatable bonds is 2. The van der Waals surface area contributed by atoms with E-state index in [0.29, 0.717) is 5.56 Å². The second-order valence-electron chi connectivity index (χ2n) is 7.10. The molecular weight excluding hydrogens is 350 g/mol. The Morgan fingerprint density at radius 2 is 2.04 bits per heavy atom. The molecule has 2 heterocycles. The van der Waals surface area contributed by atoms with Crippen LogP contribution >= 0.6 is 0 Å². The molecular formula is C21H18F2N2O2. The van der Waals surface area contributed by atoms with Gasteiger partial charge in [0.25, 0.3) is 5.92 Å². The Kier molecular flexibility index (Phi) is 4.31. The van der Waals surface area contributed by atoms with Gasteiger partial charge in [-0.25, -0.2) is 13.6 Å². The number of carbonyl (C=O) groups is 1. The van der Waals surface area contributed by atoms with Crippen molar-refractivity contribution in [3.8, 4) is 11.8 Å². The molecule has 4 rings (SSSR count). The van der Waals surface area contributed by atoms with Crippen LogP contribution < -0.4 is 5.32 Å². The number of hydrogen-bond acceptors (Lipinski definition) is 3. The lowest BCUT2D eigenvalue weighted by Gasteiger charge is -2.31. The van der Waals surface area contributed by atoms with Gasteiger partial charge in [0.1, 0.15) is 6.04 Å². The first kappa shape index (κ1) is 17.5. The standard InChI is InChI=1S/C21H18F2N2O2/c1-13-3-2-4-16(7-13)19-18(25-20(26)27-19)17-8-14(11-24-12-17)5-6-15-9-21(22,23)10-15/h2-4,7-8,11-12,15,18-19H,9-10H2,1H3,(H,25,26)/t18-,19-/m1/s1. The van der Waals surface area contributed by atoms with Gasteiger partial charge in [0, 0.05) is 36.7 Å². The van der Waals surface area contributed by atoms with Crippen molar-refractivity contribution in [3.05, 3.63) is 65.0 Å². The van der Waals surface area contributed by atoms with E-state index >= 15 is 0 Å². The fourth-order valence-electron chi connectivity index (χ4n) is 3.43. The predicted molar refractivity (Wildman–Crippen MR) is 95.1 cm³/mol. The van der Waals surface area contributed by atoms with E-state index in [0.717, 1.165) is 16.7 Å². The van der Waals surface area contributed by atoms with E-state index in [9.17, 15) is 13.6 Å². The summed E-state index contributed by atoms with van der Waals surface area (Å²) in [4.78, 5) is 16.0. The number of cyclic esters (lactones) is 1. The summed E-state index contributed by atoms with van der Waals surface area (Å²) < 4.78 is 31.3. The summed E-state index contributed by atoms with van der Waals surface area (Å²) in [5.41, 5.74) is 3.36. The molecule has 1 saturated carbocycles. The zero-order chi connectivity index (χ0) is 19.0. The van der Waals surface area contributed by atoms with Crippen molar-refractivity contribution in [1.82, 2.24) is 10.3 Å². The topological polar surface area (TPSA) is 51.2 Å². The normalized spacial score (nSPS) is 23.6. The van der Waals surface area contributed by atoms with Crippen LogP contribution in [0.2, 0.25) is 0 Å². The number of nitrogens with one attached hydrogen (secondary N) is 1. The minimum absolute atomic E-state index is 0.185. The minimum Gasteiger partial charge on any atom is -0.439 e. The van der Waals surface area contributed by atoms with Crippen molar-refractivity contribution in [2.45, 2.75) is 37.8 Å². The van der Waals surface area contributed by atoms with Crippen molar-refractivity contribution in [2.24, 2.45) is 5.92 Å². The fraction of sp³-hybridized carbons (Fsp3) is 0.333. The number of hydrogen-bond donors (Lipinski definition) is 1. The summed E-state index contributed by atoms with van der Waals surface area (Å²) in [5, 5.41) is 2.81. The van der Waals surface area contributed by atoms with Gasteiger partial charge in [0.2, 0.25) is 0 Å². The molecule has 0 bridgehead atoms. The average molecular weight is 368 g/mol. The third kappa shape index (κ3) is 3.77. The lowest BCUT2D eigenvalue weighted by atomic mass is 9.82. The van der Waals surface area contributed by atoms with E-state index in [2.05, 4.69) is 22.1 Å². The van der Waals surface area contributed by atoms with Gasteiger partial charge < -0.3 is 10.1 Å². The Morgan fingerprint density at radius 1 is 1.22 bits per heavy atom. The van der Waals surface area contributed by atoms with Gasteiger partial charge in [-0.3, -0.25) is 4.98 Å². The Hall–Kier alpha value is -2.94. The van der Waals surface area contributed by atoms with Crippen molar-refractivity contribution in [1.29, 1.82) is 0 Å². The number of carbonyl (C=O) groups excluding carboxylic acids is 1. The fourth-order valence-corrected chi connectivity index (χ4v) is 3.43. The van der Waals surface area contributed by atoms with Crippen molar-refractivity contribution in [3.63, 3.8) is 0 Å². The van der Waals surface area contributed by atoms with Crippen molar-refractivity contribution >= 4 is 6.09 Å². The molecule has 1 aliphatic carbocycles. The monoisotopic (exact) mass is 368 g/mol. The second-order valence-corrected chi connectivity index (χ2v) is 7.10. The number of pyridine rings is 1.